The molecule has 7 atom stereocenters. The highest BCUT2D eigenvalue weighted by Crippen LogP contribution is 2.65. The fourth-order valence-electron chi connectivity index (χ4n) is 6.60. The smallest absolute Gasteiger partial charge is 0.444 e. The van der Waals surface area contributed by atoms with Crippen molar-refractivity contribution in [3.8, 4) is 0 Å². The van der Waals surface area contributed by atoms with E-state index in [-0.39, 0.29) is 47.9 Å². The molecule has 5 fully saturated rings. The summed E-state index contributed by atoms with van der Waals surface area (Å²) in [5.41, 5.74) is 8.05. The third-order valence-corrected chi connectivity index (χ3v) is 8.71. The molecule has 0 aromatic heterocycles. The van der Waals surface area contributed by atoms with E-state index >= 15 is 0 Å². The summed E-state index contributed by atoms with van der Waals surface area (Å²) in [7, 11) is -0.562. The third-order valence-electron chi connectivity index (χ3n) is 8.71. The van der Waals surface area contributed by atoms with Gasteiger partial charge in [0.15, 0.2) is 0 Å². The number of hydrogen-bond donors (Lipinski definition) is 1. The van der Waals surface area contributed by atoms with Crippen LogP contribution in [0.4, 0.5) is 4.79 Å². The molecule has 194 valence electrons. The zero-order valence-electron chi connectivity index (χ0n) is 22.3. The topological polar surface area (TPSA) is 126 Å². The second-order valence-corrected chi connectivity index (χ2v) is 12.9. The molecule has 3 saturated carbocycles. The van der Waals surface area contributed by atoms with Crippen molar-refractivity contribution >= 4 is 19.1 Å². The number of nitrogens with one attached hydrogen (secondary N) is 1. The highest BCUT2D eigenvalue weighted by atomic mass is 16.7. The van der Waals surface area contributed by atoms with Gasteiger partial charge in [0.25, 0.3) is 0 Å². The average molecular weight is 489 g/mol. The first-order valence-electron chi connectivity index (χ1n) is 12.8. The zero-order valence-corrected chi connectivity index (χ0v) is 22.3. The van der Waals surface area contributed by atoms with Gasteiger partial charge in [0.2, 0.25) is 5.91 Å². The SMILES string of the molecule is CC(C)[C@H](NC(=O)[C@@H]1C[C@H](N=[N+]=[N-])CN1C(=O)OC(C)(C)C)B1O[C@@H]2C[C@@H]3C[C@@H](C3(C)C)[C@]2(C)O1. The Morgan fingerprint density at radius 3 is 2.49 bits per heavy atom. The Morgan fingerprint density at radius 1 is 1.23 bits per heavy atom. The summed E-state index contributed by atoms with van der Waals surface area (Å²) in [5.74, 6) is 0.402. The van der Waals surface area contributed by atoms with E-state index in [2.05, 4.69) is 36.1 Å². The fourth-order valence-corrected chi connectivity index (χ4v) is 6.60. The minimum absolute atomic E-state index is 0.0153. The first-order valence-corrected chi connectivity index (χ1v) is 12.8. The van der Waals surface area contributed by atoms with Crippen molar-refractivity contribution < 1.29 is 23.6 Å². The van der Waals surface area contributed by atoms with Crippen molar-refractivity contribution in [3.05, 3.63) is 10.4 Å². The molecule has 5 aliphatic rings. The highest BCUT2D eigenvalue weighted by molar-refractivity contribution is 6.48. The van der Waals surface area contributed by atoms with E-state index in [9.17, 15) is 9.59 Å². The predicted octanol–water partition coefficient (Wildman–Crippen LogP) is 4.08. The second kappa shape index (κ2) is 8.85. The zero-order chi connectivity index (χ0) is 25.9. The molecule has 0 radical (unpaired) electrons. The van der Waals surface area contributed by atoms with Gasteiger partial charge in [-0.3, -0.25) is 9.69 Å². The summed E-state index contributed by atoms with van der Waals surface area (Å²) >= 11 is 0. The Bertz CT molecular complexity index is 916. The van der Waals surface area contributed by atoms with Crippen molar-refractivity contribution in [1.29, 1.82) is 0 Å². The Hall–Kier alpha value is -1.97. The average Bonchev–Trinajstić information content (AvgIpc) is 3.31. The van der Waals surface area contributed by atoms with Gasteiger partial charge in [-0.1, -0.05) is 32.8 Å². The second-order valence-electron chi connectivity index (χ2n) is 12.9. The van der Waals surface area contributed by atoms with Gasteiger partial charge in [-0.05, 0) is 75.7 Å². The first-order chi connectivity index (χ1) is 16.2. The molecule has 10 nitrogen and oxygen atoms in total. The lowest BCUT2D eigenvalue weighted by molar-refractivity contribution is -0.199. The van der Waals surface area contributed by atoms with E-state index in [0.29, 0.717) is 11.8 Å². The fraction of sp³-hybridized carbons (Fsp3) is 0.917. The van der Waals surface area contributed by atoms with Crippen molar-refractivity contribution in [2.45, 2.75) is 110 Å². The number of rotatable bonds is 5. The molecule has 2 heterocycles. The minimum Gasteiger partial charge on any atom is -0.444 e. The molecule has 2 bridgehead atoms. The van der Waals surface area contributed by atoms with Crippen molar-refractivity contribution in [3.63, 3.8) is 0 Å². The lowest BCUT2D eigenvalue weighted by Gasteiger charge is -2.64. The van der Waals surface area contributed by atoms with E-state index in [0.717, 1.165) is 12.8 Å². The third kappa shape index (κ3) is 4.63. The number of azide groups is 1. The number of hydrogen-bond acceptors (Lipinski definition) is 6. The number of amides is 2. The van der Waals surface area contributed by atoms with Crippen molar-refractivity contribution in [2.24, 2.45) is 28.3 Å². The van der Waals surface area contributed by atoms with Gasteiger partial charge in [-0.15, -0.1) is 0 Å². The molecule has 2 aliphatic heterocycles. The quantitative estimate of drug-likeness (QED) is 0.270. The largest absolute Gasteiger partial charge is 0.481 e. The molecule has 35 heavy (non-hydrogen) atoms. The molecule has 0 unspecified atom stereocenters. The monoisotopic (exact) mass is 489 g/mol. The van der Waals surface area contributed by atoms with E-state index in [1.165, 1.54) is 4.90 Å². The molecule has 0 aromatic carbocycles. The van der Waals surface area contributed by atoms with E-state index in [1.54, 1.807) is 20.8 Å². The normalized spacial score (nSPS) is 36.2. The molecule has 11 heteroatoms. The van der Waals surface area contributed by atoms with Gasteiger partial charge < -0.3 is 19.4 Å². The number of carbonyl (C=O) groups is 2. The molecule has 5 rings (SSSR count). The van der Waals surface area contributed by atoms with Gasteiger partial charge in [0.05, 0.1) is 23.7 Å². The molecular weight excluding hydrogens is 449 g/mol. The molecule has 0 aromatic rings. The molecule has 2 amide bonds. The van der Waals surface area contributed by atoms with E-state index < -0.39 is 30.9 Å². The lowest BCUT2D eigenvalue weighted by Crippen LogP contribution is -2.65. The molecule has 0 spiro atoms. The summed E-state index contributed by atoms with van der Waals surface area (Å²) < 4.78 is 18.6. The van der Waals surface area contributed by atoms with E-state index in [4.69, 9.17) is 19.6 Å². The van der Waals surface area contributed by atoms with E-state index in [1.807, 2.05) is 13.8 Å². The Kier molecular flexibility index (Phi) is 6.60. The predicted molar refractivity (Wildman–Crippen MR) is 131 cm³/mol. The maximum atomic E-state index is 13.5. The van der Waals surface area contributed by atoms with Crippen LogP contribution in [-0.4, -0.2) is 65.9 Å². The van der Waals surface area contributed by atoms with Gasteiger partial charge in [-0.2, -0.15) is 0 Å². The van der Waals surface area contributed by atoms with Gasteiger partial charge >= 0.3 is 13.2 Å². The number of nitrogens with zero attached hydrogens (tertiary/aromatic N) is 4. The summed E-state index contributed by atoms with van der Waals surface area (Å²) in [4.78, 5) is 30.6. The molecule has 2 saturated heterocycles. The van der Waals surface area contributed by atoms with Crippen molar-refractivity contribution in [1.82, 2.24) is 10.2 Å². The summed E-state index contributed by atoms with van der Waals surface area (Å²) in [6, 6.07) is -1.29. The Labute approximate surface area is 208 Å². The van der Waals surface area contributed by atoms with Crippen LogP contribution in [0.25, 0.3) is 10.4 Å². The summed E-state index contributed by atoms with van der Waals surface area (Å²) in [6.07, 6.45) is 1.79. The van der Waals surface area contributed by atoms with Crippen LogP contribution in [-0.2, 0) is 18.8 Å². The van der Waals surface area contributed by atoms with Crippen LogP contribution in [0.3, 0.4) is 0 Å². The van der Waals surface area contributed by atoms with Crippen LogP contribution in [0, 0.1) is 23.2 Å². The Morgan fingerprint density at radius 2 is 1.91 bits per heavy atom. The maximum absolute atomic E-state index is 13.5. The van der Waals surface area contributed by atoms with Crippen LogP contribution >= 0.6 is 0 Å². The van der Waals surface area contributed by atoms with Crippen LogP contribution < -0.4 is 5.32 Å². The van der Waals surface area contributed by atoms with Gasteiger partial charge in [-0.25, -0.2) is 4.79 Å². The standard InChI is InChI=1S/C24H40BN5O5/c1-13(2)19(25-34-18-10-14-9-17(23(14,6)7)24(18,8)35-25)27-20(31)16-11-15(28-29-26)12-30(16)21(32)33-22(3,4)5/h13-19H,9-12H2,1-8H3,(H,27,31)/t14-,15-,16-,17-,18+,19-,24-/m0/s1. The number of carbonyl (C=O) groups excluding carboxylic acids is 2. The Balaban J connectivity index is 1.49. The number of ether oxygens (including phenoxy) is 1. The molecular formula is C24H40BN5O5. The van der Waals surface area contributed by atoms with Gasteiger partial charge in [0.1, 0.15) is 11.6 Å². The number of likely N-dealkylation sites (tertiary alicyclic amines) is 1. The maximum Gasteiger partial charge on any atom is 0.481 e. The van der Waals surface area contributed by atoms with Gasteiger partial charge in [0, 0.05) is 11.5 Å². The molecule has 1 N–H and O–H groups in total. The first kappa shape index (κ1) is 26.1. The van der Waals surface area contributed by atoms with Crippen molar-refractivity contribution in [2.75, 3.05) is 6.54 Å². The van der Waals surface area contributed by atoms with Crippen LogP contribution in [0.5, 0.6) is 0 Å². The highest BCUT2D eigenvalue weighted by Gasteiger charge is 2.68. The van der Waals surface area contributed by atoms with Crippen LogP contribution in [0.1, 0.15) is 74.7 Å². The summed E-state index contributed by atoms with van der Waals surface area (Å²) in [5, 5.41) is 6.88. The lowest BCUT2D eigenvalue weighted by atomic mass is 9.43. The summed E-state index contributed by atoms with van der Waals surface area (Å²) in [6.45, 7) is 16.3. The minimum atomic E-state index is -0.799. The van der Waals surface area contributed by atoms with Crippen LogP contribution in [0.2, 0.25) is 0 Å². The molecule has 3 aliphatic carbocycles. The van der Waals surface area contributed by atoms with Crippen LogP contribution in [0.15, 0.2) is 5.11 Å².